The number of rotatable bonds is 4. The van der Waals surface area contributed by atoms with Gasteiger partial charge in [-0.2, -0.15) is 9.69 Å². The van der Waals surface area contributed by atoms with Crippen molar-refractivity contribution >= 4 is 35.8 Å². The monoisotopic (exact) mass is 389 g/mol. The number of carbonyl (C=O) groups is 3. The number of hydrogen-bond donors (Lipinski definition) is 1. The van der Waals surface area contributed by atoms with Crippen LogP contribution in [0.3, 0.4) is 0 Å². The van der Waals surface area contributed by atoms with E-state index in [2.05, 4.69) is 10.2 Å². The van der Waals surface area contributed by atoms with Gasteiger partial charge in [-0.1, -0.05) is 0 Å². The van der Waals surface area contributed by atoms with Crippen LogP contribution in [0, 0.1) is 0 Å². The van der Waals surface area contributed by atoms with Crippen LogP contribution >= 0.6 is 11.8 Å². The van der Waals surface area contributed by atoms with Crippen LogP contribution in [0.15, 0.2) is 29.2 Å². The normalized spacial score (nSPS) is 22.0. The molecular weight excluding hydrogens is 364 g/mol. The molecule has 1 aromatic carbocycles. The molecule has 1 fully saturated rings. The Morgan fingerprint density at radius 3 is 2.41 bits per heavy atom. The van der Waals surface area contributed by atoms with Crippen molar-refractivity contribution in [2.45, 2.75) is 29.8 Å². The van der Waals surface area contributed by atoms with E-state index >= 15 is 0 Å². The summed E-state index contributed by atoms with van der Waals surface area (Å²) in [7, 11) is 3.17. The summed E-state index contributed by atoms with van der Waals surface area (Å²) in [4.78, 5) is 41.0. The van der Waals surface area contributed by atoms with E-state index in [0.717, 1.165) is 22.6 Å². The number of urea groups is 1. The molecule has 27 heavy (non-hydrogen) atoms. The Labute approximate surface area is 163 Å². The van der Waals surface area contributed by atoms with E-state index in [4.69, 9.17) is 0 Å². The Morgan fingerprint density at radius 2 is 1.81 bits per heavy atom. The molecule has 3 rings (SSSR count). The second-order valence-corrected chi connectivity index (χ2v) is 7.78. The van der Waals surface area contributed by atoms with E-state index in [1.807, 2.05) is 30.5 Å². The van der Waals surface area contributed by atoms with Gasteiger partial charge in [-0.15, -0.1) is 11.8 Å². The van der Waals surface area contributed by atoms with Crippen molar-refractivity contribution in [1.29, 1.82) is 0 Å². The summed E-state index contributed by atoms with van der Waals surface area (Å²) in [5, 5.41) is 3.09. The zero-order valence-corrected chi connectivity index (χ0v) is 16.7. The van der Waals surface area contributed by atoms with Crippen molar-refractivity contribution in [3.05, 3.63) is 29.8 Å². The first-order chi connectivity index (χ1) is 12.9. The summed E-state index contributed by atoms with van der Waals surface area (Å²) < 4.78 is 1.46. The predicted molar refractivity (Wildman–Crippen MR) is 104 cm³/mol. The van der Waals surface area contributed by atoms with Gasteiger partial charge >= 0.3 is 11.9 Å². The molecule has 2 aliphatic rings. The lowest BCUT2D eigenvalue weighted by Gasteiger charge is -2.36. The molecule has 0 radical (unpaired) electrons. The maximum Gasteiger partial charge on any atom is 0.500 e. The van der Waals surface area contributed by atoms with Crippen molar-refractivity contribution in [1.82, 2.24) is 15.1 Å². The molecule has 1 saturated heterocycles. The lowest BCUT2D eigenvalue weighted by Crippen LogP contribution is -2.59. The van der Waals surface area contributed by atoms with Gasteiger partial charge < -0.3 is 5.32 Å². The van der Waals surface area contributed by atoms with Gasteiger partial charge in [0.1, 0.15) is 6.21 Å². The third-order valence-corrected chi connectivity index (χ3v) is 5.89. The summed E-state index contributed by atoms with van der Waals surface area (Å²) in [5.41, 5.74) is 0.660. The second kappa shape index (κ2) is 8.22. The number of likely N-dealkylation sites (tertiary alicyclic amines) is 1. The molecule has 0 saturated carbocycles. The van der Waals surface area contributed by atoms with Gasteiger partial charge in [0.05, 0.1) is 14.1 Å². The zero-order chi connectivity index (χ0) is 19.6. The minimum atomic E-state index is -0.423. The third-order valence-electron chi connectivity index (χ3n) is 5.15. The molecule has 1 unspecified atom stereocenters. The highest BCUT2D eigenvalue weighted by molar-refractivity contribution is 7.98. The highest BCUT2D eigenvalue weighted by atomic mass is 32.2. The molecule has 0 aromatic heterocycles. The summed E-state index contributed by atoms with van der Waals surface area (Å²) in [6.07, 6.45) is 5.22. The standard InChI is InChI=1S/C19H24N4O3S/c1-21-12-16(18(25)22(2)19(21)26)23-10-8-14(9-11-23)20-17(24)13-4-6-15(27-3)7-5-13/h4-7,12,14,16H,8-11H2,1-3H3/p+1. The number of amides is 4. The van der Waals surface area contributed by atoms with E-state index in [-0.39, 0.29) is 23.9 Å². The van der Waals surface area contributed by atoms with Gasteiger partial charge in [0.2, 0.25) is 0 Å². The Balaban J connectivity index is 1.56. The maximum absolute atomic E-state index is 12.4. The lowest BCUT2D eigenvalue weighted by atomic mass is 10.0. The average Bonchev–Trinajstić information content (AvgIpc) is 2.70. The lowest BCUT2D eigenvalue weighted by molar-refractivity contribution is -0.401. The first-order valence-electron chi connectivity index (χ1n) is 8.99. The summed E-state index contributed by atoms with van der Waals surface area (Å²) >= 11 is 1.64. The molecule has 144 valence electrons. The van der Waals surface area contributed by atoms with Crippen molar-refractivity contribution in [3.63, 3.8) is 0 Å². The Morgan fingerprint density at radius 1 is 1.19 bits per heavy atom. The average molecular weight is 390 g/mol. The summed E-state index contributed by atoms with van der Waals surface area (Å²) in [6.45, 7) is 1.39. The van der Waals surface area contributed by atoms with Gasteiger partial charge in [-0.05, 0) is 43.4 Å². The first-order valence-corrected chi connectivity index (χ1v) is 10.2. The number of imide groups is 1. The second-order valence-electron chi connectivity index (χ2n) is 6.90. The predicted octanol–water partition coefficient (Wildman–Crippen LogP) is 1.28. The van der Waals surface area contributed by atoms with Crippen LogP contribution in [0.25, 0.3) is 0 Å². The Hall–Kier alpha value is -2.19. The molecule has 0 aliphatic carbocycles. The van der Waals surface area contributed by atoms with Crippen LogP contribution in [0.4, 0.5) is 4.79 Å². The quantitative estimate of drug-likeness (QED) is 0.620. The minimum Gasteiger partial charge on any atom is -0.349 e. The molecule has 2 heterocycles. The highest BCUT2D eigenvalue weighted by Crippen LogP contribution is 2.18. The number of hydrogen-bond acceptors (Lipinski definition) is 5. The largest absolute Gasteiger partial charge is 0.500 e. The Kier molecular flexibility index (Phi) is 5.96. The van der Waals surface area contributed by atoms with E-state index in [1.165, 1.54) is 11.6 Å². The Bertz CT molecular complexity index is 770. The van der Waals surface area contributed by atoms with Crippen LogP contribution in [0.2, 0.25) is 0 Å². The molecule has 4 amide bonds. The van der Waals surface area contributed by atoms with Gasteiger partial charge in [0, 0.05) is 29.6 Å². The molecule has 1 aromatic rings. The highest BCUT2D eigenvalue weighted by Gasteiger charge is 2.42. The smallest absolute Gasteiger partial charge is 0.349 e. The van der Waals surface area contributed by atoms with Gasteiger partial charge in [-0.3, -0.25) is 9.69 Å². The van der Waals surface area contributed by atoms with E-state index in [0.29, 0.717) is 18.7 Å². The molecule has 8 heteroatoms. The van der Waals surface area contributed by atoms with Gasteiger partial charge in [0.15, 0.2) is 6.04 Å². The third kappa shape index (κ3) is 4.22. The van der Waals surface area contributed by atoms with Crippen molar-refractivity contribution in [2.75, 3.05) is 33.4 Å². The van der Waals surface area contributed by atoms with Gasteiger partial charge in [-0.25, -0.2) is 9.37 Å². The first kappa shape index (κ1) is 19.6. The molecule has 0 bridgehead atoms. The molecule has 1 atom stereocenters. The number of nitrogens with zero attached hydrogens (tertiary/aromatic N) is 3. The molecule has 2 aliphatic heterocycles. The molecule has 0 spiro atoms. The maximum atomic E-state index is 12.4. The number of thioether (sulfide) groups is 1. The summed E-state index contributed by atoms with van der Waals surface area (Å²) in [5.74, 6) is -0.263. The molecular formula is C19H25N4O3S+. The minimum absolute atomic E-state index is 0.0635. The van der Waals surface area contributed by atoms with Crippen molar-refractivity contribution in [2.24, 2.45) is 0 Å². The summed E-state index contributed by atoms with van der Waals surface area (Å²) in [6, 6.07) is 6.93. The van der Waals surface area contributed by atoms with Crippen molar-refractivity contribution < 1.29 is 19.0 Å². The van der Waals surface area contributed by atoms with Crippen LogP contribution in [0.5, 0.6) is 0 Å². The number of likely N-dealkylation sites (N-methyl/N-ethyl adjacent to an activating group) is 1. The fourth-order valence-corrected chi connectivity index (χ4v) is 3.86. The number of nitrogens with one attached hydrogen (secondary N) is 1. The van der Waals surface area contributed by atoms with E-state index < -0.39 is 6.04 Å². The number of carbonyl (C=O) groups excluding carboxylic acids is 3. The van der Waals surface area contributed by atoms with Crippen molar-refractivity contribution in [3.8, 4) is 0 Å². The van der Waals surface area contributed by atoms with Crippen LogP contribution < -0.4 is 5.32 Å². The van der Waals surface area contributed by atoms with E-state index in [9.17, 15) is 14.4 Å². The fourth-order valence-electron chi connectivity index (χ4n) is 3.45. The number of benzene rings is 1. The van der Waals surface area contributed by atoms with E-state index in [1.54, 1.807) is 25.0 Å². The van der Waals surface area contributed by atoms with Crippen LogP contribution in [-0.2, 0) is 4.79 Å². The molecule has 1 N–H and O–H groups in total. The molecule has 7 nitrogen and oxygen atoms in total. The van der Waals surface area contributed by atoms with Gasteiger partial charge in [0.25, 0.3) is 5.91 Å². The zero-order valence-electron chi connectivity index (χ0n) is 15.8. The van der Waals surface area contributed by atoms with Crippen LogP contribution in [0.1, 0.15) is 23.2 Å². The fraction of sp³-hybridized carbons (Fsp3) is 0.474. The SMILES string of the molecule is CSc1ccc(C(=O)NC2CCN(C3C=[N+](C)C(=O)N(C)C3=O)CC2)cc1. The van der Waals surface area contributed by atoms with Crippen LogP contribution in [-0.4, -0.2) is 84.0 Å². The topological polar surface area (TPSA) is 72.7 Å². The number of piperidine rings is 1.